The third kappa shape index (κ3) is 43.8. The molecule has 2 aliphatic rings. The molecule has 7 aromatic rings. The first-order valence-corrected chi connectivity index (χ1v) is 52.0. The smallest absolute Gasteiger partial charge is 0.162 e. The fourth-order valence-corrected chi connectivity index (χ4v) is 16.8. The molecule has 0 spiro atoms. The Hall–Kier alpha value is -7.40. The van der Waals surface area contributed by atoms with Gasteiger partial charge in [-0.15, -0.1) is 0 Å². The highest BCUT2D eigenvalue weighted by molar-refractivity contribution is 6.13. The van der Waals surface area contributed by atoms with Crippen LogP contribution in [0.25, 0.3) is 88.6 Å². The number of unbranched alkanes of at least 4 members (excludes halogenated alkanes) is 26. The zero-order valence-electron chi connectivity index (χ0n) is 85.3. The summed E-state index contributed by atoms with van der Waals surface area (Å²) in [5, 5.41) is 3.36. The Morgan fingerprint density at radius 3 is 0.587 bits per heavy atom. The molecule has 2 aliphatic heterocycles. The zero-order chi connectivity index (χ0) is 96.8. The quantitative estimate of drug-likeness (QED) is 0.0335. The van der Waals surface area contributed by atoms with Crippen molar-refractivity contribution in [3.05, 3.63) is 83.9 Å². The largest absolute Gasteiger partial charge is 0.487 e. The van der Waals surface area contributed by atoms with Gasteiger partial charge >= 0.3 is 0 Å². The minimum atomic E-state index is 0.201. The molecule has 5 heterocycles. The lowest BCUT2D eigenvalue weighted by atomic mass is 9.90. The van der Waals surface area contributed by atoms with Gasteiger partial charge in [-0.2, -0.15) is 0 Å². The van der Waals surface area contributed by atoms with Crippen molar-refractivity contribution in [2.45, 2.75) is 206 Å². The molecule has 774 valence electrons. The van der Waals surface area contributed by atoms with Crippen LogP contribution in [0.2, 0.25) is 0 Å². The Balaban J connectivity index is 1.24. The molecule has 9 rings (SSSR count). The van der Waals surface area contributed by atoms with Gasteiger partial charge in [0.15, 0.2) is 34.5 Å². The molecule has 28 heteroatoms. The SMILES string of the molecule is CCCCCCCCCCCCCCCCc1cc2c(cc1CCCCCCCCCCCCCCCC)-c1cc3[nH]c(cc4[nH]c(cc5nc(cc-2n1)-c1cc(OCCOCCOCCOC)c(OCCOCCOCCOC)cc1-5)c1cc(OCCOCCOCCOC)c(OCCOCCOCCOC)cc41)c1cc(OCCOCCOCCOC)c(OCCOCCOCCOC)cc31. The third-order valence-corrected chi connectivity index (χ3v) is 24.3. The lowest BCUT2D eigenvalue weighted by molar-refractivity contribution is 0.0160. The van der Waals surface area contributed by atoms with Crippen LogP contribution in [0.3, 0.4) is 0 Å². The van der Waals surface area contributed by atoms with Gasteiger partial charge in [-0.1, -0.05) is 181 Å². The van der Waals surface area contributed by atoms with Gasteiger partial charge in [0, 0.05) is 109 Å². The Labute approximate surface area is 823 Å². The summed E-state index contributed by atoms with van der Waals surface area (Å²) in [6.45, 7) is 18.1. The predicted molar refractivity (Wildman–Crippen MR) is 547 cm³/mol. The minimum Gasteiger partial charge on any atom is -0.487 e. The molecule has 0 aliphatic carbocycles. The molecule has 8 bridgehead atoms. The number of benzene rings is 4. The second-order valence-corrected chi connectivity index (χ2v) is 35.0. The van der Waals surface area contributed by atoms with Crippen LogP contribution < -0.4 is 28.4 Å². The van der Waals surface area contributed by atoms with Gasteiger partial charge < -0.3 is 124 Å². The maximum absolute atomic E-state index is 6.83. The Morgan fingerprint density at radius 2 is 0.362 bits per heavy atom. The maximum atomic E-state index is 6.83. The molecule has 0 saturated heterocycles. The van der Waals surface area contributed by atoms with Crippen LogP contribution >= 0.6 is 0 Å². The van der Waals surface area contributed by atoms with E-state index in [0.717, 1.165) is 103 Å². The van der Waals surface area contributed by atoms with E-state index in [-0.39, 0.29) is 59.5 Å². The van der Waals surface area contributed by atoms with Crippen molar-refractivity contribution in [2.24, 2.45) is 0 Å². The monoisotopic (exact) mass is 1930 g/mol. The van der Waals surface area contributed by atoms with Gasteiger partial charge in [-0.25, -0.2) is 9.97 Å². The topological polar surface area (TPSA) is 279 Å². The molecule has 138 heavy (non-hydrogen) atoms. The van der Waals surface area contributed by atoms with Crippen LogP contribution in [0.15, 0.2) is 72.8 Å². The van der Waals surface area contributed by atoms with E-state index in [1.807, 2.05) is 18.2 Å². The van der Waals surface area contributed by atoms with Crippen molar-refractivity contribution in [1.29, 1.82) is 0 Å². The number of aromatic nitrogens is 4. The Bertz CT molecular complexity index is 4350. The van der Waals surface area contributed by atoms with E-state index in [2.05, 4.69) is 78.4 Å². The molecule has 0 atom stereocenters. The molecule has 2 N–H and O–H groups in total. The first kappa shape index (κ1) is 114. The maximum Gasteiger partial charge on any atom is 0.162 e. The molecular formula is C110H170N4O24. The number of nitrogens with zero attached hydrogens (tertiary/aromatic N) is 2. The van der Waals surface area contributed by atoms with Crippen molar-refractivity contribution in [2.75, 3.05) is 281 Å². The van der Waals surface area contributed by atoms with Crippen molar-refractivity contribution >= 4 is 43.6 Å². The van der Waals surface area contributed by atoms with E-state index < -0.39 is 0 Å². The van der Waals surface area contributed by atoms with Gasteiger partial charge in [0.05, 0.1) is 221 Å². The number of methoxy groups -OCH3 is 6. The van der Waals surface area contributed by atoms with Crippen LogP contribution in [0.1, 0.15) is 205 Å². The summed E-state index contributed by atoms with van der Waals surface area (Å²) in [6.07, 6.45) is 38.3. The number of hydrogen-bond donors (Lipinski definition) is 2. The summed E-state index contributed by atoms with van der Waals surface area (Å²) in [7, 11) is 9.95. The molecule has 4 aromatic carbocycles. The number of aryl methyl sites for hydroxylation is 2. The molecule has 28 nitrogen and oxygen atoms in total. The standard InChI is InChI=1S/C110H170N4O24/c1-9-11-13-15-17-19-21-23-25-27-29-31-33-35-37-87-75-89-90(76-88(87)38-36-34-32-30-28-26-24-22-20-18-16-14-12-10-2)98-84-100-92-78-106(134-70-64-128-58-52-122-46-40-116-4)108(136-72-66-130-60-54-124-48-42-118-6)80-94(92)102(113-100)86-104-96-82-110(138-74-68-132-62-56-126-50-44-120-8)109(137-73-67-131-61-55-125-49-43-119-7)81-95(96)103(114-104)85-101-93-79-107(135-71-65-129-59-53-123-47-41-117-5)105(77-91(93)99(112-101)83-97(89)111-98)133-69-63-127-57-51-121-45-39-115-3/h75-86,112,114H,9-74H2,1-8H3. The normalized spacial score (nSPS) is 11.9. The van der Waals surface area contributed by atoms with Gasteiger partial charge in [0.2, 0.25) is 0 Å². The summed E-state index contributed by atoms with van der Waals surface area (Å²) in [4.78, 5) is 19.6. The highest BCUT2D eigenvalue weighted by Crippen LogP contribution is 2.48. The first-order valence-electron chi connectivity index (χ1n) is 52.0. The van der Waals surface area contributed by atoms with E-state index in [9.17, 15) is 0 Å². The van der Waals surface area contributed by atoms with Gasteiger partial charge in [0.25, 0.3) is 0 Å². The van der Waals surface area contributed by atoms with Gasteiger partial charge in [-0.05, 0) is 110 Å². The lowest BCUT2D eigenvalue weighted by Gasteiger charge is -2.16. The predicted octanol–water partition coefficient (Wildman–Crippen LogP) is 21.7. The third-order valence-electron chi connectivity index (χ3n) is 24.3. The average molecular weight is 1930 g/mol. The van der Waals surface area contributed by atoms with Crippen molar-refractivity contribution in [3.63, 3.8) is 0 Å². The van der Waals surface area contributed by atoms with E-state index in [0.29, 0.717) is 224 Å². The average Bonchev–Trinajstić information content (AvgIpc) is 1.59. The summed E-state index contributed by atoms with van der Waals surface area (Å²) in [5.74, 6) is 3.04. The van der Waals surface area contributed by atoms with Crippen LogP contribution in [0.4, 0.5) is 0 Å². The number of nitrogens with one attached hydrogen (secondary N) is 2. The van der Waals surface area contributed by atoms with Crippen molar-refractivity contribution in [3.8, 4) is 79.5 Å². The second-order valence-electron chi connectivity index (χ2n) is 35.0. The van der Waals surface area contributed by atoms with Crippen molar-refractivity contribution < 1.29 is 114 Å². The number of fused-ring (bicyclic) bond motifs is 20. The van der Waals surface area contributed by atoms with Crippen LogP contribution in [0.5, 0.6) is 34.5 Å². The second kappa shape index (κ2) is 73.6. The summed E-state index contributed by atoms with van der Waals surface area (Å²) >= 11 is 0. The van der Waals surface area contributed by atoms with Crippen LogP contribution in [0, 0.1) is 0 Å². The zero-order valence-corrected chi connectivity index (χ0v) is 85.3. The first-order chi connectivity index (χ1) is 68.3. The fraction of sp³-hybridized carbons (Fsp3) is 0.673. The summed E-state index contributed by atoms with van der Waals surface area (Å²) in [5.41, 5.74) is 12.5. The minimum absolute atomic E-state index is 0.201. The molecular weight excluding hydrogens is 1760 g/mol. The lowest BCUT2D eigenvalue weighted by Crippen LogP contribution is -2.14. The highest BCUT2D eigenvalue weighted by atomic mass is 16.6. The van der Waals surface area contributed by atoms with E-state index >= 15 is 0 Å². The number of aromatic amines is 2. The molecule has 3 aromatic heterocycles. The Morgan fingerprint density at radius 1 is 0.181 bits per heavy atom. The highest BCUT2D eigenvalue weighted by Gasteiger charge is 2.27. The molecule has 0 fully saturated rings. The molecule has 0 amide bonds. The molecule has 0 radical (unpaired) electrons. The van der Waals surface area contributed by atoms with Crippen LogP contribution in [-0.2, 0) is 98.1 Å². The summed E-state index contributed by atoms with van der Waals surface area (Å²) < 4.78 is 143. The van der Waals surface area contributed by atoms with E-state index in [1.54, 1.807) is 42.7 Å². The Kier molecular flexibility index (Phi) is 60.9. The number of ether oxygens (including phenoxy) is 24. The number of hydrogen-bond acceptors (Lipinski definition) is 26. The van der Waals surface area contributed by atoms with Gasteiger partial charge in [-0.3, -0.25) is 0 Å². The van der Waals surface area contributed by atoms with E-state index in [4.69, 9.17) is 124 Å². The fourth-order valence-electron chi connectivity index (χ4n) is 16.8. The van der Waals surface area contributed by atoms with E-state index in [1.165, 1.54) is 178 Å². The van der Waals surface area contributed by atoms with Crippen molar-refractivity contribution in [1.82, 2.24) is 19.9 Å². The van der Waals surface area contributed by atoms with Gasteiger partial charge in [0.1, 0.15) is 39.6 Å². The summed E-state index contributed by atoms with van der Waals surface area (Å²) in [6, 6.07) is 25.9. The molecule has 0 saturated carbocycles. The van der Waals surface area contributed by atoms with Crippen LogP contribution in [-0.4, -0.2) is 300 Å². The number of rotatable bonds is 90. The number of H-pyrrole nitrogens is 2. The molecule has 0 unspecified atom stereocenters.